The standard InChI is InChI=1S/C20H27N3O2/c1-6-25-18-11-23(5)10-17(18)22-20(24)19-13(3)14(4)21-16-8-7-12(2)9-15(16)19/h7-9,17-18H,6,10-11H2,1-5H3,(H,22,24)/t17-,18-/m1/s1. The second-order valence-electron chi connectivity index (χ2n) is 7.01. The Morgan fingerprint density at radius 3 is 2.80 bits per heavy atom. The van der Waals surface area contributed by atoms with Gasteiger partial charge in [-0.25, -0.2) is 0 Å². The zero-order chi connectivity index (χ0) is 18.1. The van der Waals surface area contributed by atoms with E-state index in [1.165, 1.54) is 0 Å². The minimum Gasteiger partial charge on any atom is -0.375 e. The Morgan fingerprint density at radius 2 is 2.08 bits per heavy atom. The van der Waals surface area contributed by atoms with E-state index in [9.17, 15) is 4.79 Å². The minimum atomic E-state index is -0.0383. The lowest BCUT2D eigenvalue weighted by atomic mass is 9.99. The van der Waals surface area contributed by atoms with Crippen molar-refractivity contribution in [1.29, 1.82) is 0 Å². The largest absolute Gasteiger partial charge is 0.375 e. The van der Waals surface area contributed by atoms with Crippen LogP contribution in [-0.4, -0.2) is 54.7 Å². The van der Waals surface area contributed by atoms with Gasteiger partial charge in [0.25, 0.3) is 5.91 Å². The average molecular weight is 341 g/mol. The van der Waals surface area contributed by atoms with Gasteiger partial charge in [0.05, 0.1) is 23.2 Å². The molecule has 2 atom stereocenters. The van der Waals surface area contributed by atoms with Crippen LogP contribution in [-0.2, 0) is 4.74 Å². The van der Waals surface area contributed by atoms with Crippen molar-refractivity contribution in [2.24, 2.45) is 0 Å². The van der Waals surface area contributed by atoms with Crippen molar-refractivity contribution < 1.29 is 9.53 Å². The van der Waals surface area contributed by atoms with Gasteiger partial charge in [-0.05, 0) is 52.4 Å². The molecule has 1 aromatic heterocycles. The van der Waals surface area contributed by atoms with E-state index in [1.54, 1.807) is 0 Å². The van der Waals surface area contributed by atoms with Crippen LogP contribution in [0, 0.1) is 20.8 Å². The number of carbonyl (C=O) groups is 1. The number of likely N-dealkylation sites (tertiary alicyclic amines) is 1. The van der Waals surface area contributed by atoms with Crippen LogP contribution in [0.3, 0.4) is 0 Å². The van der Waals surface area contributed by atoms with Gasteiger partial charge in [0.15, 0.2) is 0 Å². The van der Waals surface area contributed by atoms with E-state index in [2.05, 4.69) is 22.2 Å². The number of amides is 1. The number of aromatic nitrogens is 1. The molecule has 134 valence electrons. The van der Waals surface area contributed by atoms with Gasteiger partial charge in [0, 0.05) is 30.8 Å². The summed E-state index contributed by atoms with van der Waals surface area (Å²) < 4.78 is 5.81. The number of aryl methyl sites for hydroxylation is 2. The monoisotopic (exact) mass is 341 g/mol. The summed E-state index contributed by atoms with van der Waals surface area (Å²) in [5.74, 6) is -0.0383. The highest BCUT2D eigenvalue weighted by atomic mass is 16.5. The first-order valence-electron chi connectivity index (χ1n) is 8.89. The maximum atomic E-state index is 13.1. The molecule has 1 N–H and O–H groups in total. The summed E-state index contributed by atoms with van der Waals surface area (Å²) in [5.41, 5.74) is 4.56. The molecule has 1 amide bonds. The topological polar surface area (TPSA) is 54.5 Å². The number of carbonyl (C=O) groups excluding carboxylic acids is 1. The first-order chi connectivity index (χ1) is 11.9. The summed E-state index contributed by atoms with van der Waals surface area (Å²) in [6, 6.07) is 6.07. The third kappa shape index (κ3) is 3.53. The summed E-state index contributed by atoms with van der Waals surface area (Å²) in [7, 11) is 2.05. The molecular weight excluding hydrogens is 314 g/mol. The Morgan fingerprint density at radius 1 is 1.32 bits per heavy atom. The molecule has 25 heavy (non-hydrogen) atoms. The molecule has 5 heteroatoms. The number of benzene rings is 1. The normalized spacial score (nSPS) is 21.0. The Hall–Kier alpha value is -1.98. The van der Waals surface area contributed by atoms with Crippen molar-refractivity contribution >= 4 is 16.8 Å². The highest BCUT2D eigenvalue weighted by Crippen LogP contribution is 2.24. The molecule has 0 saturated carbocycles. The van der Waals surface area contributed by atoms with Gasteiger partial charge in [-0.2, -0.15) is 0 Å². The van der Waals surface area contributed by atoms with Crippen LogP contribution in [0.5, 0.6) is 0 Å². The summed E-state index contributed by atoms with van der Waals surface area (Å²) in [5, 5.41) is 4.12. The fourth-order valence-electron chi connectivity index (χ4n) is 3.61. The van der Waals surface area contributed by atoms with Crippen LogP contribution in [0.2, 0.25) is 0 Å². The van der Waals surface area contributed by atoms with E-state index in [-0.39, 0.29) is 18.1 Å². The molecule has 1 aliphatic heterocycles. The van der Waals surface area contributed by atoms with E-state index in [1.807, 2.05) is 45.9 Å². The smallest absolute Gasteiger partial charge is 0.252 e. The number of nitrogens with one attached hydrogen (secondary N) is 1. The number of fused-ring (bicyclic) bond motifs is 1. The summed E-state index contributed by atoms with van der Waals surface area (Å²) in [4.78, 5) is 20.0. The van der Waals surface area contributed by atoms with E-state index in [0.29, 0.717) is 6.61 Å². The van der Waals surface area contributed by atoms with Crippen LogP contribution < -0.4 is 5.32 Å². The van der Waals surface area contributed by atoms with Crippen molar-refractivity contribution in [2.75, 3.05) is 26.7 Å². The molecule has 0 unspecified atom stereocenters. The van der Waals surface area contributed by atoms with Gasteiger partial charge in [-0.1, -0.05) is 11.6 Å². The quantitative estimate of drug-likeness (QED) is 0.929. The van der Waals surface area contributed by atoms with Gasteiger partial charge in [0.1, 0.15) is 0 Å². The molecule has 1 saturated heterocycles. The summed E-state index contributed by atoms with van der Waals surface area (Å²) in [6.07, 6.45) is 0.0372. The summed E-state index contributed by atoms with van der Waals surface area (Å²) >= 11 is 0. The second-order valence-corrected chi connectivity index (χ2v) is 7.01. The van der Waals surface area contributed by atoms with E-state index in [0.717, 1.165) is 46.4 Å². The highest BCUT2D eigenvalue weighted by Gasteiger charge is 2.33. The van der Waals surface area contributed by atoms with E-state index >= 15 is 0 Å². The van der Waals surface area contributed by atoms with Crippen molar-refractivity contribution in [1.82, 2.24) is 15.2 Å². The lowest BCUT2D eigenvalue weighted by Gasteiger charge is -2.21. The molecule has 0 radical (unpaired) electrons. The Bertz CT molecular complexity index is 803. The fraction of sp³-hybridized carbons (Fsp3) is 0.500. The molecule has 1 aliphatic rings. The number of likely N-dealkylation sites (N-methyl/N-ethyl adjacent to an activating group) is 1. The van der Waals surface area contributed by atoms with Gasteiger partial charge < -0.3 is 15.0 Å². The predicted octanol–water partition coefficient (Wildman–Crippen LogP) is 2.61. The van der Waals surface area contributed by atoms with E-state index in [4.69, 9.17) is 4.74 Å². The van der Waals surface area contributed by atoms with Crippen molar-refractivity contribution in [2.45, 2.75) is 39.8 Å². The zero-order valence-corrected chi connectivity index (χ0v) is 15.7. The number of rotatable bonds is 4. The SMILES string of the molecule is CCO[C@@H]1CN(C)C[C@H]1NC(=O)c1c(C)c(C)nc2ccc(C)cc12. The minimum absolute atomic E-state index is 0.00480. The van der Waals surface area contributed by atoms with Gasteiger partial charge in [0.2, 0.25) is 0 Å². The third-order valence-corrected chi connectivity index (χ3v) is 5.00. The molecule has 0 spiro atoms. The van der Waals surface area contributed by atoms with Crippen LogP contribution in [0.15, 0.2) is 18.2 Å². The van der Waals surface area contributed by atoms with Crippen molar-refractivity contribution in [3.8, 4) is 0 Å². The van der Waals surface area contributed by atoms with Crippen LogP contribution in [0.25, 0.3) is 10.9 Å². The van der Waals surface area contributed by atoms with Gasteiger partial charge in [-0.15, -0.1) is 0 Å². The second kappa shape index (κ2) is 7.10. The molecule has 3 rings (SSSR count). The lowest BCUT2D eigenvalue weighted by molar-refractivity contribution is 0.0513. The number of nitrogens with zero attached hydrogens (tertiary/aromatic N) is 2. The molecular formula is C20H27N3O2. The molecule has 5 nitrogen and oxygen atoms in total. The maximum Gasteiger partial charge on any atom is 0.252 e. The number of pyridine rings is 1. The predicted molar refractivity (Wildman–Crippen MR) is 100 cm³/mol. The van der Waals surface area contributed by atoms with Crippen molar-refractivity contribution in [3.63, 3.8) is 0 Å². The number of hydrogen-bond donors (Lipinski definition) is 1. The molecule has 1 fully saturated rings. The van der Waals surface area contributed by atoms with Crippen LogP contribution >= 0.6 is 0 Å². The average Bonchev–Trinajstić information content (AvgIpc) is 2.88. The molecule has 1 aromatic carbocycles. The first-order valence-corrected chi connectivity index (χ1v) is 8.89. The van der Waals surface area contributed by atoms with E-state index < -0.39 is 0 Å². The Balaban J connectivity index is 1.96. The Labute approximate surface area is 149 Å². The molecule has 0 aliphatic carbocycles. The molecule has 2 aromatic rings. The fourth-order valence-corrected chi connectivity index (χ4v) is 3.61. The third-order valence-electron chi connectivity index (χ3n) is 5.00. The van der Waals surface area contributed by atoms with Gasteiger partial charge in [-0.3, -0.25) is 9.78 Å². The highest BCUT2D eigenvalue weighted by molar-refractivity contribution is 6.07. The lowest BCUT2D eigenvalue weighted by Crippen LogP contribution is -2.44. The summed E-state index contributed by atoms with van der Waals surface area (Å²) in [6.45, 7) is 10.2. The molecule has 2 heterocycles. The molecule has 0 bridgehead atoms. The number of hydrogen-bond acceptors (Lipinski definition) is 4. The first kappa shape index (κ1) is 17.8. The number of ether oxygens (including phenoxy) is 1. The maximum absolute atomic E-state index is 13.1. The van der Waals surface area contributed by atoms with Crippen LogP contribution in [0.1, 0.15) is 34.1 Å². The zero-order valence-electron chi connectivity index (χ0n) is 15.7. The van der Waals surface area contributed by atoms with Gasteiger partial charge >= 0.3 is 0 Å². The van der Waals surface area contributed by atoms with Crippen molar-refractivity contribution in [3.05, 3.63) is 40.6 Å². The van der Waals surface area contributed by atoms with Crippen LogP contribution in [0.4, 0.5) is 0 Å². The Kier molecular flexibility index (Phi) is 5.06.